The summed E-state index contributed by atoms with van der Waals surface area (Å²) in [5.74, 6) is -3.95. The van der Waals surface area contributed by atoms with E-state index in [0.29, 0.717) is 46.8 Å². The number of imide groups is 2. The van der Waals surface area contributed by atoms with Gasteiger partial charge in [0.1, 0.15) is 5.75 Å². The van der Waals surface area contributed by atoms with Gasteiger partial charge in [-0.25, -0.2) is 0 Å². The summed E-state index contributed by atoms with van der Waals surface area (Å²) < 4.78 is 10.9. The zero-order valence-electron chi connectivity index (χ0n) is 33.8. The van der Waals surface area contributed by atoms with Gasteiger partial charge < -0.3 is 14.6 Å². The second kappa shape index (κ2) is 16.3. The Bertz CT molecular complexity index is 2450. The Morgan fingerprint density at radius 3 is 2.31 bits per heavy atom. The number of phenols is 1. The maximum Gasteiger partial charge on any atom is 0.260 e. The third kappa shape index (κ3) is 6.96. The van der Waals surface area contributed by atoms with Crippen LogP contribution in [0.5, 0.6) is 17.2 Å². The van der Waals surface area contributed by atoms with Gasteiger partial charge in [-0.2, -0.15) is 5.01 Å². The van der Waals surface area contributed by atoms with E-state index < -0.39 is 46.8 Å². The highest BCUT2D eigenvalue weighted by atomic mass is 35.5. The number of nitrogens with zero attached hydrogens (tertiary/aromatic N) is 3. The molecule has 3 aliphatic heterocycles. The predicted octanol–water partition coefficient (Wildman–Crippen LogP) is 7.91. The maximum atomic E-state index is 15.5. The van der Waals surface area contributed by atoms with Crippen molar-refractivity contribution in [3.05, 3.63) is 135 Å². The number of carbonyl (C=O) groups excluding carboxylic acids is 4. The monoisotopic (exact) mass is 860 g/mol. The average molecular weight is 862 g/mol. The molecule has 2 N–H and O–H groups in total. The first-order valence-electron chi connectivity index (χ1n) is 20.7. The number of halogens is 2. The van der Waals surface area contributed by atoms with Gasteiger partial charge >= 0.3 is 0 Å². The number of ether oxygens (including phenoxy) is 2. The Kier molecular flexibility index (Phi) is 10.9. The molecule has 4 aromatic carbocycles. The number of carbonyl (C=O) groups is 4. The van der Waals surface area contributed by atoms with E-state index >= 15 is 9.59 Å². The van der Waals surface area contributed by atoms with Crippen molar-refractivity contribution in [2.24, 2.45) is 29.6 Å². The van der Waals surface area contributed by atoms with E-state index in [1.807, 2.05) is 48.6 Å². The van der Waals surface area contributed by atoms with E-state index in [-0.39, 0.29) is 40.8 Å². The lowest BCUT2D eigenvalue weighted by Gasteiger charge is -2.49. The Morgan fingerprint density at radius 1 is 0.852 bits per heavy atom. The minimum atomic E-state index is -1.49. The fourth-order valence-corrected chi connectivity index (χ4v) is 11.1. The van der Waals surface area contributed by atoms with Gasteiger partial charge in [-0.3, -0.25) is 34.4 Å². The number of hydrazine groups is 1. The number of allylic oxidation sites excluding steroid dienone is 3. The molecule has 3 heterocycles. The molecule has 4 amide bonds. The lowest BCUT2D eigenvalue weighted by Crippen LogP contribution is -2.54. The number of aromatic hydroxyl groups is 1. The number of nitrogens with one attached hydrogen (secondary N) is 1. The molecule has 6 unspecified atom stereocenters. The number of hydrogen-bond donors (Lipinski definition) is 2. The third-order valence-electron chi connectivity index (χ3n) is 13.5. The van der Waals surface area contributed by atoms with Crippen LogP contribution < -0.4 is 14.9 Å². The molecule has 1 saturated carbocycles. The fraction of sp³-hybridized carbons (Fsp3) is 0.333. The molecule has 0 radical (unpaired) electrons. The van der Waals surface area contributed by atoms with Gasteiger partial charge in [-0.05, 0) is 90.8 Å². The number of piperidine rings is 1. The molecule has 4 aromatic rings. The lowest BCUT2D eigenvalue weighted by molar-refractivity contribution is -0.144. The first-order chi connectivity index (χ1) is 29.5. The smallest absolute Gasteiger partial charge is 0.260 e. The van der Waals surface area contributed by atoms with Crippen molar-refractivity contribution in [1.82, 2.24) is 14.8 Å². The molecule has 61 heavy (non-hydrogen) atoms. The first kappa shape index (κ1) is 40.8. The number of methoxy groups -OCH3 is 2. The Hall–Kier alpha value is -5.62. The summed E-state index contributed by atoms with van der Waals surface area (Å²) in [5, 5.41) is 12.1. The summed E-state index contributed by atoms with van der Waals surface area (Å²) in [6.45, 7) is 2.33. The van der Waals surface area contributed by atoms with Crippen LogP contribution in [0.4, 0.5) is 5.69 Å². The van der Waals surface area contributed by atoms with E-state index in [1.54, 1.807) is 48.4 Å². The molecule has 13 heteroatoms. The average Bonchev–Trinajstić information content (AvgIpc) is 3.65. The molecule has 9 rings (SSSR count). The quantitative estimate of drug-likeness (QED) is 0.121. The molecule has 3 saturated heterocycles. The van der Waals surface area contributed by atoms with Crippen LogP contribution in [0.1, 0.15) is 42.4 Å². The minimum Gasteiger partial charge on any atom is -0.504 e. The molecule has 11 nitrogen and oxygen atoms in total. The fourth-order valence-electron chi connectivity index (χ4n) is 10.7. The van der Waals surface area contributed by atoms with Gasteiger partial charge in [-0.1, -0.05) is 95.5 Å². The van der Waals surface area contributed by atoms with Crippen LogP contribution >= 0.6 is 23.2 Å². The van der Waals surface area contributed by atoms with Gasteiger partial charge in [-0.15, -0.1) is 0 Å². The molecule has 4 fully saturated rings. The van der Waals surface area contributed by atoms with Crippen LogP contribution in [0.3, 0.4) is 0 Å². The number of amides is 4. The Balaban J connectivity index is 1.12. The Labute approximate surface area is 364 Å². The van der Waals surface area contributed by atoms with Crippen molar-refractivity contribution in [2.45, 2.75) is 43.7 Å². The lowest BCUT2D eigenvalue weighted by atomic mass is 9.50. The summed E-state index contributed by atoms with van der Waals surface area (Å²) in [5.41, 5.74) is 5.21. The minimum absolute atomic E-state index is 0.0249. The van der Waals surface area contributed by atoms with Crippen molar-refractivity contribution in [3.8, 4) is 17.2 Å². The molecule has 6 atom stereocenters. The van der Waals surface area contributed by atoms with Crippen LogP contribution in [0.2, 0.25) is 10.0 Å². The van der Waals surface area contributed by atoms with E-state index in [1.165, 1.54) is 24.8 Å². The molecule has 0 aromatic heterocycles. The van der Waals surface area contributed by atoms with E-state index in [4.69, 9.17) is 32.7 Å². The van der Waals surface area contributed by atoms with Crippen molar-refractivity contribution in [2.75, 3.05) is 32.7 Å². The van der Waals surface area contributed by atoms with E-state index in [0.717, 1.165) is 30.2 Å². The number of anilines is 1. The van der Waals surface area contributed by atoms with Crippen LogP contribution in [0, 0.1) is 29.6 Å². The number of phenolic OH excluding ortho intramolecular Hbond substituents is 1. The van der Waals surface area contributed by atoms with Crippen molar-refractivity contribution < 1.29 is 33.8 Å². The zero-order valence-corrected chi connectivity index (χ0v) is 35.3. The summed E-state index contributed by atoms with van der Waals surface area (Å²) in [6, 6.07) is 27.0. The topological polar surface area (TPSA) is 129 Å². The SMILES string of the molecule is COc1ccc(C23C(=O)N(Nc4ccc(Cl)cc4Cl)C(=O)C2CC2C(=CCC4C(=O)N(C5CCN(Cc6ccccc6)CC5)C(=O)C42)C3C=Cc2ccc(O)c(OC)c2)cc1. The van der Waals surface area contributed by atoms with Crippen LogP contribution in [0.25, 0.3) is 6.08 Å². The van der Waals surface area contributed by atoms with Crippen LogP contribution in [-0.4, -0.2) is 76.9 Å². The standard InChI is InChI=1S/C48H46Cl2N4O7/c1-60-33-13-10-30(11-14-33)48-37(17-8-28-9-19-41(55)42(24-28)61-2)34-15-16-35-43(36(34)26-38(48)45(57)54(47(48)59)51-40-18-12-31(49)25-39(40)50)46(58)53(44(35)56)32-20-22-52(23-21-32)27-29-6-4-3-5-7-29/h3-15,17-19,24-25,32,35-38,43,51,55H,16,20-23,26-27H2,1-2H3. The second-order valence-electron chi connectivity index (χ2n) is 16.6. The van der Waals surface area contributed by atoms with Crippen molar-refractivity contribution >= 4 is 58.6 Å². The highest BCUT2D eigenvalue weighted by Gasteiger charge is 2.70. The van der Waals surface area contributed by atoms with Gasteiger partial charge in [0.25, 0.3) is 11.8 Å². The zero-order chi connectivity index (χ0) is 42.6. The summed E-state index contributed by atoms with van der Waals surface area (Å²) in [6.07, 6.45) is 7.67. The van der Waals surface area contributed by atoms with Crippen molar-refractivity contribution in [1.29, 1.82) is 0 Å². The molecular formula is C48H46Cl2N4O7. The normalized spacial score (nSPS) is 26.6. The molecule has 314 valence electrons. The molecule has 0 spiro atoms. The summed E-state index contributed by atoms with van der Waals surface area (Å²) in [4.78, 5) is 63.8. The van der Waals surface area contributed by atoms with Crippen LogP contribution in [-0.2, 0) is 31.1 Å². The largest absolute Gasteiger partial charge is 0.504 e. The Morgan fingerprint density at radius 2 is 1.61 bits per heavy atom. The predicted molar refractivity (Wildman–Crippen MR) is 232 cm³/mol. The van der Waals surface area contributed by atoms with E-state index in [9.17, 15) is 14.7 Å². The van der Waals surface area contributed by atoms with Gasteiger partial charge in [0.2, 0.25) is 11.8 Å². The van der Waals surface area contributed by atoms with Gasteiger partial charge in [0.05, 0.1) is 48.1 Å². The van der Waals surface area contributed by atoms with Crippen LogP contribution in [0.15, 0.2) is 109 Å². The first-order valence-corrected chi connectivity index (χ1v) is 21.4. The highest BCUT2D eigenvalue weighted by molar-refractivity contribution is 6.36. The molecule has 5 aliphatic rings. The van der Waals surface area contributed by atoms with Gasteiger partial charge in [0, 0.05) is 36.6 Å². The second-order valence-corrected chi connectivity index (χ2v) is 17.4. The summed E-state index contributed by atoms with van der Waals surface area (Å²) >= 11 is 12.8. The molecule has 2 aliphatic carbocycles. The number of fused-ring (bicyclic) bond motifs is 4. The number of rotatable bonds is 10. The highest BCUT2D eigenvalue weighted by Crippen LogP contribution is 2.62. The van der Waals surface area contributed by atoms with E-state index in [2.05, 4.69) is 22.5 Å². The van der Waals surface area contributed by atoms with Crippen molar-refractivity contribution in [3.63, 3.8) is 0 Å². The number of benzene rings is 4. The third-order valence-corrected chi connectivity index (χ3v) is 14.1. The molecule has 0 bridgehead atoms. The number of likely N-dealkylation sites (tertiary alicyclic amines) is 2. The molecular weight excluding hydrogens is 815 g/mol. The van der Waals surface area contributed by atoms with Gasteiger partial charge in [0.15, 0.2) is 11.5 Å². The number of hydrogen-bond acceptors (Lipinski definition) is 9. The summed E-state index contributed by atoms with van der Waals surface area (Å²) in [7, 11) is 3.03. The maximum absolute atomic E-state index is 15.5.